The average Bonchev–Trinajstić information content (AvgIpc) is 1.61. The van der Waals surface area contributed by atoms with Crippen LogP contribution in [0.4, 0.5) is 0 Å². The van der Waals surface area contributed by atoms with Gasteiger partial charge in [0.25, 0.3) is 0 Å². The molecule has 0 saturated heterocycles. The van der Waals surface area contributed by atoms with E-state index in [-0.39, 0.29) is 0 Å². The molecule has 0 aromatic carbocycles. The van der Waals surface area contributed by atoms with Crippen molar-refractivity contribution < 1.29 is 0 Å². The summed E-state index contributed by atoms with van der Waals surface area (Å²) in [5.74, 6) is 7.68. The van der Waals surface area contributed by atoms with E-state index in [0.29, 0.717) is 0 Å². The zero-order valence-electron chi connectivity index (χ0n) is 3.00. The maximum absolute atomic E-state index is 6.16. The normalized spacial score (nSPS) is 3.50. The summed E-state index contributed by atoms with van der Waals surface area (Å²) in [5.41, 5.74) is 0. The summed E-state index contributed by atoms with van der Waals surface area (Å²) < 4.78 is 0. The van der Waals surface area contributed by atoms with Crippen molar-refractivity contribution in [3.05, 3.63) is 12.8 Å². The Kier molecular flexibility index (Phi) is 3.19. The van der Waals surface area contributed by atoms with Crippen molar-refractivity contribution in [2.75, 3.05) is 0 Å². The van der Waals surface area contributed by atoms with Crippen LogP contribution in [0.3, 0.4) is 0 Å². The molecule has 0 aliphatic rings. The molecule has 24 valence electrons. The molecule has 0 saturated carbocycles. The van der Waals surface area contributed by atoms with Crippen molar-refractivity contribution >= 4 is 0 Å². The van der Waals surface area contributed by atoms with Crippen LogP contribution in [-0.4, -0.2) is 0 Å². The quantitative estimate of drug-likeness (QED) is 0.282. The Morgan fingerprint density at radius 1 is 1.33 bits per heavy atom. The molecule has 0 bridgehead atoms. The van der Waals surface area contributed by atoms with Gasteiger partial charge in [-0.05, 0) is 0 Å². The third kappa shape index (κ3) is 2.90. The Labute approximate surface area is 37.6 Å². The van der Waals surface area contributed by atoms with E-state index in [2.05, 4.69) is 11.8 Å². The summed E-state index contributed by atoms with van der Waals surface area (Å²) >= 11 is 0. The van der Waals surface area contributed by atoms with Gasteiger partial charge in [-0.2, -0.15) is 0 Å². The van der Waals surface area contributed by atoms with Gasteiger partial charge in [0, 0.05) is 0 Å². The summed E-state index contributed by atoms with van der Waals surface area (Å²) in [5, 5.41) is 0. The molecule has 0 spiro atoms. The number of hydrogen-bond donors (Lipinski definition) is 0. The van der Waals surface area contributed by atoms with Crippen LogP contribution in [-0.2, 0) is 0 Å². The van der Waals surface area contributed by atoms with Gasteiger partial charge in [0.1, 0.15) is 0 Å². The van der Waals surface area contributed by atoms with Crippen LogP contribution in [0.15, 0.2) is 0 Å². The van der Waals surface area contributed by atoms with Crippen molar-refractivity contribution in [2.45, 2.75) is 0 Å². The molecule has 0 atom stereocenters. The minimum absolute atomic E-state index is 1.78. The van der Waals surface area contributed by atoms with Crippen LogP contribution in [0.5, 0.6) is 0 Å². The number of rotatable bonds is 0. The van der Waals surface area contributed by atoms with Gasteiger partial charge < -0.3 is 0 Å². The molecule has 0 aromatic heterocycles. The third-order valence-corrected chi connectivity index (χ3v) is 0.188. The van der Waals surface area contributed by atoms with Crippen LogP contribution in [0.25, 0.3) is 0 Å². The Hall–Kier alpha value is -1.10. The molecule has 0 aromatic rings. The first-order valence-corrected chi connectivity index (χ1v) is 1.25. The molecule has 0 heteroatoms. The standard InChI is InChI=1S/C6/c1-3-5-6-4-2. The van der Waals surface area contributed by atoms with Crippen molar-refractivity contribution in [2.24, 2.45) is 0 Å². The molecule has 0 N–H and O–H groups in total. The Morgan fingerprint density at radius 3 is 2.17 bits per heavy atom. The summed E-state index contributed by atoms with van der Waals surface area (Å²) in [6, 6.07) is 0. The molecule has 0 nitrogen and oxygen atoms in total. The summed E-state index contributed by atoms with van der Waals surface area (Å²) in [6.07, 6.45) is 12.3. The first-order chi connectivity index (χ1) is 2.91. The second-order valence-corrected chi connectivity index (χ2v) is 0.500. The second-order valence-electron chi connectivity index (χ2n) is 0.500. The van der Waals surface area contributed by atoms with Gasteiger partial charge >= 0.3 is 36.5 Å². The Bertz CT molecular complexity index is 133. The fourth-order valence-electron chi connectivity index (χ4n) is 0.0625. The first-order valence-electron chi connectivity index (χ1n) is 1.25. The molecular formula is C6. The van der Waals surface area contributed by atoms with E-state index in [4.69, 9.17) is 12.8 Å². The molecule has 0 radical (unpaired) electrons. The average molecular weight is 72.1 g/mol. The van der Waals surface area contributed by atoms with Crippen LogP contribution in [0.1, 0.15) is 0 Å². The SMILES string of the molecule is [C+]#CC#CC#[C-]. The Morgan fingerprint density at radius 2 is 2.00 bits per heavy atom. The van der Waals surface area contributed by atoms with Crippen LogP contribution >= 0.6 is 0 Å². The van der Waals surface area contributed by atoms with Crippen LogP contribution < -0.4 is 0 Å². The van der Waals surface area contributed by atoms with Gasteiger partial charge in [-0.3, -0.25) is 0 Å². The van der Waals surface area contributed by atoms with Gasteiger partial charge in [-0.15, -0.1) is 0 Å². The summed E-state index contributed by atoms with van der Waals surface area (Å²) in [4.78, 5) is 0. The van der Waals surface area contributed by atoms with Gasteiger partial charge in [0.2, 0.25) is 0 Å². The number of hydrogen-bond acceptors (Lipinski definition) is 0. The molecule has 0 heterocycles. The van der Waals surface area contributed by atoms with Gasteiger partial charge in [-0.1, -0.05) is 0 Å². The van der Waals surface area contributed by atoms with E-state index in [1.165, 1.54) is 0 Å². The fraction of sp³-hybridized carbons (Fsp3) is 0. The van der Waals surface area contributed by atoms with E-state index in [1.807, 2.05) is 0 Å². The minimum atomic E-state index is 1.78. The Balaban J connectivity index is 3.60. The molecule has 0 rings (SSSR count). The van der Waals surface area contributed by atoms with Gasteiger partial charge in [0.05, 0.1) is 0 Å². The predicted molar refractivity (Wildman–Crippen MR) is 22.0 cm³/mol. The van der Waals surface area contributed by atoms with E-state index < -0.39 is 0 Å². The van der Waals surface area contributed by atoms with E-state index in [9.17, 15) is 0 Å². The van der Waals surface area contributed by atoms with E-state index in [0.717, 1.165) is 0 Å². The van der Waals surface area contributed by atoms with Crippen molar-refractivity contribution in [3.63, 3.8) is 0 Å². The zero-order valence-corrected chi connectivity index (χ0v) is 3.00. The maximum atomic E-state index is 6.16. The topological polar surface area (TPSA) is 0 Å². The third-order valence-electron chi connectivity index (χ3n) is 0.188. The van der Waals surface area contributed by atoms with Crippen molar-refractivity contribution in [1.82, 2.24) is 0 Å². The molecule has 6 heavy (non-hydrogen) atoms. The fourth-order valence-corrected chi connectivity index (χ4v) is 0.0625. The predicted octanol–water partition coefficient (Wildman–Crippen LogP) is 0.169. The summed E-state index contributed by atoms with van der Waals surface area (Å²) in [6.45, 7) is 0. The van der Waals surface area contributed by atoms with Crippen molar-refractivity contribution in [3.8, 4) is 23.7 Å². The molecule has 0 aliphatic carbocycles. The van der Waals surface area contributed by atoms with Crippen molar-refractivity contribution in [1.29, 1.82) is 0 Å². The first kappa shape index (κ1) is 4.90. The monoisotopic (exact) mass is 72.0 g/mol. The molecule has 0 unspecified atom stereocenters. The van der Waals surface area contributed by atoms with Gasteiger partial charge in [-0.25, -0.2) is 0 Å². The van der Waals surface area contributed by atoms with E-state index in [1.54, 1.807) is 11.8 Å². The van der Waals surface area contributed by atoms with Gasteiger partial charge in [0.15, 0.2) is 0 Å². The molecule has 0 aliphatic heterocycles. The molecular weight excluding hydrogens is 72.1 g/mol. The van der Waals surface area contributed by atoms with Crippen LogP contribution in [0, 0.1) is 36.5 Å². The van der Waals surface area contributed by atoms with E-state index >= 15 is 0 Å². The molecule has 0 amide bonds. The zero-order chi connectivity index (χ0) is 4.83. The van der Waals surface area contributed by atoms with Crippen LogP contribution in [0.2, 0.25) is 0 Å². The molecule has 0 fully saturated rings. The summed E-state index contributed by atoms with van der Waals surface area (Å²) in [7, 11) is 0. The second kappa shape index (κ2) is 3.90.